The first-order chi connectivity index (χ1) is 7.17. The molecular weight excluding hydrogens is 272 g/mol. The van der Waals surface area contributed by atoms with E-state index in [0.29, 0.717) is 6.54 Å². The topological polar surface area (TPSA) is 49.4 Å². The summed E-state index contributed by atoms with van der Waals surface area (Å²) in [5.41, 5.74) is -0.264. The normalized spacial score (nSPS) is 13.1. The number of nitrogens with one attached hydrogen (secondary N) is 1. The predicted molar refractivity (Wildman–Crippen MR) is 68.5 cm³/mol. The van der Waals surface area contributed by atoms with Crippen LogP contribution in [0, 0.1) is 0 Å². The van der Waals surface area contributed by atoms with E-state index in [1.807, 2.05) is 27.7 Å². The molecule has 0 saturated heterocycles. The van der Waals surface area contributed by atoms with Crippen molar-refractivity contribution in [2.45, 2.75) is 45.0 Å². The lowest BCUT2D eigenvalue weighted by Crippen LogP contribution is -2.48. The van der Waals surface area contributed by atoms with Crippen LogP contribution in [-0.4, -0.2) is 40.2 Å². The first-order valence-corrected chi connectivity index (χ1v) is 6.32. The lowest BCUT2D eigenvalue weighted by molar-refractivity contribution is -0.135. The van der Waals surface area contributed by atoms with E-state index in [2.05, 4.69) is 21.2 Å². The Labute approximate surface area is 106 Å². The molecule has 1 atom stereocenters. The zero-order valence-corrected chi connectivity index (χ0v) is 12.2. The van der Waals surface area contributed by atoms with Gasteiger partial charge in [0.1, 0.15) is 0 Å². The monoisotopic (exact) mass is 292 g/mol. The molecular formula is C11H21BrN2O2. The summed E-state index contributed by atoms with van der Waals surface area (Å²) in [5, 5.41) is 2.83. The van der Waals surface area contributed by atoms with Crippen molar-refractivity contribution in [2.75, 3.05) is 13.1 Å². The second-order valence-corrected chi connectivity index (χ2v) is 6.14. The van der Waals surface area contributed by atoms with Gasteiger partial charge in [0.15, 0.2) is 0 Å². The Morgan fingerprint density at radius 2 is 1.88 bits per heavy atom. The summed E-state index contributed by atoms with van der Waals surface area (Å²) in [7, 11) is 0. The van der Waals surface area contributed by atoms with E-state index in [4.69, 9.17) is 0 Å². The van der Waals surface area contributed by atoms with Gasteiger partial charge in [0.2, 0.25) is 11.8 Å². The fourth-order valence-electron chi connectivity index (χ4n) is 1.23. The molecule has 0 aliphatic rings. The molecule has 0 radical (unpaired) electrons. The van der Waals surface area contributed by atoms with Crippen LogP contribution in [0.2, 0.25) is 0 Å². The highest BCUT2D eigenvalue weighted by Crippen LogP contribution is 2.04. The average molecular weight is 293 g/mol. The van der Waals surface area contributed by atoms with Gasteiger partial charge < -0.3 is 10.2 Å². The standard InChI is InChI=1S/C11H21BrN2O2/c1-6-14(10(16)8(2)12)7-9(15)13-11(3,4)5/h8H,6-7H2,1-5H3,(H,13,15). The molecule has 0 bridgehead atoms. The van der Waals surface area contributed by atoms with Gasteiger partial charge in [0.25, 0.3) is 0 Å². The predicted octanol–water partition coefficient (Wildman–Crippen LogP) is 1.53. The van der Waals surface area contributed by atoms with Crippen molar-refractivity contribution in [3.05, 3.63) is 0 Å². The summed E-state index contributed by atoms with van der Waals surface area (Å²) in [6, 6.07) is 0. The van der Waals surface area contributed by atoms with Crippen LogP contribution in [0.5, 0.6) is 0 Å². The van der Waals surface area contributed by atoms with Crippen molar-refractivity contribution < 1.29 is 9.59 Å². The molecule has 1 N–H and O–H groups in total. The van der Waals surface area contributed by atoms with E-state index in [0.717, 1.165) is 0 Å². The van der Waals surface area contributed by atoms with E-state index >= 15 is 0 Å². The number of hydrogen-bond acceptors (Lipinski definition) is 2. The van der Waals surface area contributed by atoms with E-state index in [1.54, 1.807) is 6.92 Å². The van der Waals surface area contributed by atoms with E-state index in [-0.39, 0.29) is 28.7 Å². The molecule has 0 saturated carbocycles. The molecule has 0 aliphatic heterocycles. The molecule has 0 rings (SSSR count). The molecule has 0 aromatic heterocycles. The number of carbonyl (C=O) groups excluding carboxylic acids is 2. The van der Waals surface area contributed by atoms with Gasteiger partial charge in [-0.1, -0.05) is 15.9 Å². The maximum Gasteiger partial charge on any atom is 0.240 e. The molecule has 0 spiro atoms. The minimum Gasteiger partial charge on any atom is -0.350 e. The summed E-state index contributed by atoms with van der Waals surface area (Å²) in [4.78, 5) is 24.6. The first-order valence-electron chi connectivity index (χ1n) is 5.41. The fourth-order valence-corrected chi connectivity index (χ4v) is 1.52. The largest absolute Gasteiger partial charge is 0.350 e. The number of hydrogen-bond donors (Lipinski definition) is 1. The summed E-state index contributed by atoms with van der Waals surface area (Å²) in [5.74, 6) is -0.192. The van der Waals surface area contributed by atoms with Gasteiger partial charge in [-0.3, -0.25) is 9.59 Å². The fraction of sp³-hybridized carbons (Fsp3) is 0.818. The molecule has 0 aliphatic carbocycles. The van der Waals surface area contributed by atoms with Gasteiger partial charge in [0.05, 0.1) is 11.4 Å². The average Bonchev–Trinajstić information content (AvgIpc) is 2.09. The van der Waals surface area contributed by atoms with Crippen LogP contribution in [-0.2, 0) is 9.59 Å². The quantitative estimate of drug-likeness (QED) is 0.799. The van der Waals surface area contributed by atoms with Crippen molar-refractivity contribution in [3.8, 4) is 0 Å². The molecule has 16 heavy (non-hydrogen) atoms. The minimum absolute atomic E-state index is 0.0634. The number of alkyl halides is 1. The first kappa shape index (κ1) is 15.4. The second-order valence-electron chi connectivity index (χ2n) is 4.77. The zero-order chi connectivity index (χ0) is 12.9. The highest BCUT2D eigenvalue weighted by Gasteiger charge is 2.21. The summed E-state index contributed by atoms with van der Waals surface area (Å²) in [6.07, 6.45) is 0. The summed E-state index contributed by atoms with van der Waals surface area (Å²) in [6.45, 7) is 10.0. The number of rotatable bonds is 4. The highest BCUT2D eigenvalue weighted by molar-refractivity contribution is 9.10. The number of likely N-dealkylation sites (N-methyl/N-ethyl adjacent to an activating group) is 1. The lowest BCUT2D eigenvalue weighted by atomic mass is 10.1. The Kier molecular flexibility index (Phi) is 6.00. The third kappa shape index (κ3) is 6.10. The van der Waals surface area contributed by atoms with Gasteiger partial charge >= 0.3 is 0 Å². The molecule has 94 valence electrons. The summed E-state index contributed by atoms with van der Waals surface area (Å²) < 4.78 is 0. The van der Waals surface area contributed by atoms with Gasteiger partial charge in [-0.25, -0.2) is 0 Å². The van der Waals surface area contributed by atoms with Crippen molar-refractivity contribution >= 4 is 27.7 Å². The smallest absolute Gasteiger partial charge is 0.240 e. The van der Waals surface area contributed by atoms with Crippen LogP contribution in [0.4, 0.5) is 0 Å². The third-order valence-electron chi connectivity index (χ3n) is 1.88. The van der Waals surface area contributed by atoms with Crippen LogP contribution in [0.3, 0.4) is 0 Å². The molecule has 4 nitrogen and oxygen atoms in total. The van der Waals surface area contributed by atoms with Crippen molar-refractivity contribution in [2.24, 2.45) is 0 Å². The SMILES string of the molecule is CCN(CC(=O)NC(C)(C)C)C(=O)C(C)Br. The van der Waals surface area contributed by atoms with Gasteiger partial charge in [0, 0.05) is 12.1 Å². The maximum atomic E-state index is 11.7. The highest BCUT2D eigenvalue weighted by atomic mass is 79.9. The van der Waals surface area contributed by atoms with Crippen LogP contribution in [0.25, 0.3) is 0 Å². The molecule has 0 heterocycles. The molecule has 2 amide bonds. The Morgan fingerprint density at radius 1 is 1.38 bits per heavy atom. The van der Waals surface area contributed by atoms with E-state index < -0.39 is 0 Å². The zero-order valence-electron chi connectivity index (χ0n) is 10.6. The second kappa shape index (κ2) is 6.23. The van der Waals surface area contributed by atoms with Crippen LogP contribution < -0.4 is 5.32 Å². The molecule has 0 fully saturated rings. The van der Waals surface area contributed by atoms with Crippen LogP contribution in [0.15, 0.2) is 0 Å². The Morgan fingerprint density at radius 3 is 2.19 bits per heavy atom. The Balaban J connectivity index is 4.34. The van der Waals surface area contributed by atoms with Crippen molar-refractivity contribution in [3.63, 3.8) is 0 Å². The third-order valence-corrected chi connectivity index (χ3v) is 2.27. The lowest BCUT2D eigenvalue weighted by Gasteiger charge is -2.25. The summed E-state index contributed by atoms with van der Waals surface area (Å²) >= 11 is 3.21. The molecule has 5 heteroatoms. The molecule has 0 aromatic rings. The number of halogens is 1. The Bertz CT molecular complexity index is 259. The molecule has 1 unspecified atom stereocenters. The number of nitrogens with zero attached hydrogens (tertiary/aromatic N) is 1. The van der Waals surface area contributed by atoms with Gasteiger partial charge in [-0.05, 0) is 34.6 Å². The van der Waals surface area contributed by atoms with Crippen molar-refractivity contribution in [1.29, 1.82) is 0 Å². The maximum absolute atomic E-state index is 11.7. The van der Waals surface area contributed by atoms with Crippen molar-refractivity contribution in [1.82, 2.24) is 10.2 Å². The Hall–Kier alpha value is -0.580. The van der Waals surface area contributed by atoms with E-state index in [1.165, 1.54) is 4.90 Å². The van der Waals surface area contributed by atoms with Gasteiger partial charge in [-0.2, -0.15) is 0 Å². The van der Waals surface area contributed by atoms with Crippen LogP contribution in [0.1, 0.15) is 34.6 Å². The van der Waals surface area contributed by atoms with E-state index in [9.17, 15) is 9.59 Å². The molecule has 0 aromatic carbocycles. The van der Waals surface area contributed by atoms with Gasteiger partial charge in [-0.15, -0.1) is 0 Å². The number of carbonyl (C=O) groups is 2. The van der Waals surface area contributed by atoms with Crippen LogP contribution >= 0.6 is 15.9 Å². The number of amides is 2. The minimum atomic E-state index is -0.264.